The summed E-state index contributed by atoms with van der Waals surface area (Å²) in [4.78, 5) is 23.8. The molecule has 0 radical (unpaired) electrons. The van der Waals surface area contributed by atoms with Crippen molar-refractivity contribution in [1.82, 2.24) is 5.32 Å². The van der Waals surface area contributed by atoms with Crippen LogP contribution in [0.2, 0.25) is 0 Å². The Labute approximate surface area is 168 Å². The minimum atomic E-state index is -0.287. The fraction of sp³-hybridized carbons (Fsp3) is 0.182. The lowest BCUT2D eigenvalue weighted by Crippen LogP contribution is -2.26. The third-order valence-electron chi connectivity index (χ3n) is 3.90. The van der Waals surface area contributed by atoms with Crippen LogP contribution in [0.5, 0.6) is 0 Å². The van der Waals surface area contributed by atoms with E-state index in [1.165, 1.54) is 12.3 Å². The summed E-state index contributed by atoms with van der Waals surface area (Å²) < 4.78 is 15.9. The first-order valence-corrected chi connectivity index (χ1v) is 9.17. The average molecular weight is 394 g/mol. The molecule has 2 amide bonds. The molecule has 0 unspecified atom stereocenters. The summed E-state index contributed by atoms with van der Waals surface area (Å²) in [6.45, 7) is 1.03. The van der Waals surface area contributed by atoms with Crippen molar-refractivity contribution in [3.05, 3.63) is 84.2 Å². The molecule has 29 heavy (non-hydrogen) atoms. The largest absolute Gasteiger partial charge is 0.467 e. The number of rotatable bonds is 10. The van der Waals surface area contributed by atoms with Crippen LogP contribution in [-0.4, -0.2) is 18.4 Å². The van der Waals surface area contributed by atoms with Crippen molar-refractivity contribution in [1.29, 1.82) is 0 Å². The molecule has 0 saturated carbocycles. The molecule has 2 aromatic heterocycles. The van der Waals surface area contributed by atoms with Crippen molar-refractivity contribution in [2.75, 3.05) is 11.9 Å². The highest BCUT2D eigenvalue weighted by atomic mass is 16.5. The summed E-state index contributed by atoms with van der Waals surface area (Å²) in [5, 5.41) is 5.47. The van der Waals surface area contributed by atoms with Gasteiger partial charge in [-0.3, -0.25) is 9.59 Å². The first-order chi connectivity index (χ1) is 14.2. The lowest BCUT2D eigenvalue weighted by molar-refractivity contribution is -0.117. The standard InChI is InChI=1S/C22H22N2O5/c25-21(9-8-19-6-2-12-28-19)23-11-10-22(26)24-18-5-1-4-17(14-18)15-27-16-20-7-3-13-29-20/h1-9,12-14H,10-11,15-16H2,(H,23,25)(H,24,26)/b9-8+. The molecule has 0 aliphatic heterocycles. The molecule has 7 nitrogen and oxygen atoms in total. The molecule has 0 bridgehead atoms. The van der Waals surface area contributed by atoms with Gasteiger partial charge in [0.15, 0.2) is 0 Å². The van der Waals surface area contributed by atoms with Crippen molar-refractivity contribution in [3.63, 3.8) is 0 Å². The second-order valence-electron chi connectivity index (χ2n) is 6.21. The molecule has 2 N–H and O–H groups in total. The van der Waals surface area contributed by atoms with Gasteiger partial charge in [-0.25, -0.2) is 0 Å². The van der Waals surface area contributed by atoms with Crippen molar-refractivity contribution in [2.45, 2.75) is 19.6 Å². The molecule has 0 spiro atoms. The Balaban J connectivity index is 1.36. The van der Waals surface area contributed by atoms with E-state index in [-0.39, 0.29) is 24.8 Å². The molecule has 1 aromatic carbocycles. The molecule has 0 aliphatic carbocycles. The number of hydrogen-bond acceptors (Lipinski definition) is 5. The molecule has 7 heteroatoms. The normalized spacial score (nSPS) is 10.9. The molecule has 0 aliphatic rings. The number of anilines is 1. The molecular weight excluding hydrogens is 372 g/mol. The average Bonchev–Trinajstić information content (AvgIpc) is 3.41. The van der Waals surface area contributed by atoms with E-state index in [2.05, 4.69) is 10.6 Å². The molecular formula is C22H22N2O5. The summed E-state index contributed by atoms with van der Waals surface area (Å²) >= 11 is 0. The summed E-state index contributed by atoms with van der Waals surface area (Å²) in [6.07, 6.45) is 6.23. The van der Waals surface area contributed by atoms with Crippen molar-refractivity contribution < 1.29 is 23.2 Å². The van der Waals surface area contributed by atoms with Crippen LogP contribution in [0.1, 0.15) is 23.5 Å². The summed E-state index contributed by atoms with van der Waals surface area (Å²) in [6, 6.07) is 14.6. The van der Waals surface area contributed by atoms with Crippen LogP contribution < -0.4 is 10.6 Å². The zero-order chi connectivity index (χ0) is 20.3. The minimum Gasteiger partial charge on any atom is -0.467 e. The molecule has 0 atom stereocenters. The van der Waals surface area contributed by atoms with Crippen LogP contribution in [-0.2, 0) is 27.5 Å². The van der Waals surface area contributed by atoms with Gasteiger partial charge in [0.2, 0.25) is 11.8 Å². The van der Waals surface area contributed by atoms with Gasteiger partial charge in [0, 0.05) is 24.7 Å². The third kappa shape index (κ3) is 7.15. The van der Waals surface area contributed by atoms with E-state index in [4.69, 9.17) is 13.6 Å². The van der Waals surface area contributed by atoms with E-state index in [0.717, 1.165) is 11.3 Å². The monoisotopic (exact) mass is 394 g/mol. The summed E-state index contributed by atoms with van der Waals surface area (Å²) in [5.41, 5.74) is 1.61. The van der Waals surface area contributed by atoms with Gasteiger partial charge in [-0.1, -0.05) is 12.1 Å². The number of benzene rings is 1. The molecule has 2 heterocycles. The second kappa shape index (κ2) is 10.7. The van der Waals surface area contributed by atoms with E-state index in [1.807, 2.05) is 30.3 Å². The number of ether oxygens (including phenoxy) is 1. The highest BCUT2D eigenvalue weighted by Crippen LogP contribution is 2.13. The van der Waals surface area contributed by atoms with Crippen LogP contribution in [0.4, 0.5) is 5.69 Å². The maximum Gasteiger partial charge on any atom is 0.244 e. The number of amides is 2. The van der Waals surface area contributed by atoms with E-state index >= 15 is 0 Å². The topological polar surface area (TPSA) is 93.7 Å². The third-order valence-corrected chi connectivity index (χ3v) is 3.90. The van der Waals surface area contributed by atoms with Crippen molar-refractivity contribution >= 4 is 23.6 Å². The Kier molecular flexibility index (Phi) is 7.42. The second-order valence-corrected chi connectivity index (χ2v) is 6.21. The first kappa shape index (κ1) is 20.2. The highest BCUT2D eigenvalue weighted by molar-refractivity contribution is 5.93. The van der Waals surface area contributed by atoms with Crippen molar-refractivity contribution in [2.24, 2.45) is 0 Å². The summed E-state index contributed by atoms with van der Waals surface area (Å²) in [5.74, 6) is 0.875. The Morgan fingerprint density at radius 2 is 1.86 bits per heavy atom. The predicted molar refractivity (Wildman–Crippen MR) is 108 cm³/mol. The predicted octanol–water partition coefficient (Wildman–Crippen LogP) is 3.75. The van der Waals surface area contributed by atoms with Gasteiger partial charge in [0.05, 0.1) is 19.1 Å². The van der Waals surface area contributed by atoms with Crippen LogP contribution >= 0.6 is 0 Å². The van der Waals surface area contributed by atoms with Crippen LogP contribution in [0, 0.1) is 0 Å². The maximum atomic E-state index is 12.1. The van der Waals surface area contributed by atoms with Gasteiger partial charge >= 0.3 is 0 Å². The fourth-order valence-corrected chi connectivity index (χ4v) is 2.53. The number of carbonyl (C=O) groups excluding carboxylic acids is 2. The van der Waals surface area contributed by atoms with Crippen LogP contribution in [0.15, 0.2) is 76.0 Å². The van der Waals surface area contributed by atoms with Crippen LogP contribution in [0.3, 0.4) is 0 Å². The Morgan fingerprint density at radius 3 is 2.66 bits per heavy atom. The van der Waals surface area contributed by atoms with E-state index in [1.54, 1.807) is 30.5 Å². The number of carbonyl (C=O) groups is 2. The van der Waals surface area contributed by atoms with Gasteiger partial charge in [-0.15, -0.1) is 0 Å². The SMILES string of the molecule is O=C(/C=C/c1ccco1)NCCC(=O)Nc1cccc(COCc2ccco2)c1. The number of furan rings is 2. The van der Waals surface area contributed by atoms with E-state index < -0.39 is 0 Å². The van der Waals surface area contributed by atoms with E-state index in [9.17, 15) is 9.59 Å². The minimum absolute atomic E-state index is 0.166. The Hall–Kier alpha value is -3.58. The highest BCUT2D eigenvalue weighted by Gasteiger charge is 2.05. The van der Waals surface area contributed by atoms with Gasteiger partial charge in [0.1, 0.15) is 18.1 Å². The molecule has 0 saturated heterocycles. The Bertz CT molecular complexity index is 930. The maximum absolute atomic E-state index is 12.1. The molecule has 3 rings (SSSR count). The van der Waals surface area contributed by atoms with Crippen molar-refractivity contribution in [3.8, 4) is 0 Å². The number of hydrogen-bond donors (Lipinski definition) is 2. The smallest absolute Gasteiger partial charge is 0.244 e. The zero-order valence-electron chi connectivity index (χ0n) is 15.8. The Morgan fingerprint density at radius 1 is 1.00 bits per heavy atom. The van der Waals surface area contributed by atoms with E-state index in [0.29, 0.717) is 24.7 Å². The fourth-order valence-electron chi connectivity index (χ4n) is 2.53. The molecule has 0 fully saturated rings. The summed E-state index contributed by atoms with van der Waals surface area (Å²) in [7, 11) is 0. The molecule has 150 valence electrons. The van der Waals surface area contributed by atoms with Gasteiger partial charge < -0.3 is 24.2 Å². The number of nitrogens with one attached hydrogen (secondary N) is 2. The molecule has 3 aromatic rings. The van der Waals surface area contributed by atoms with Crippen LogP contribution in [0.25, 0.3) is 6.08 Å². The lowest BCUT2D eigenvalue weighted by Gasteiger charge is -2.08. The quantitative estimate of drug-likeness (QED) is 0.511. The van der Waals surface area contributed by atoms with Gasteiger partial charge in [0.25, 0.3) is 0 Å². The van der Waals surface area contributed by atoms with Gasteiger partial charge in [-0.2, -0.15) is 0 Å². The lowest BCUT2D eigenvalue weighted by atomic mass is 10.2. The first-order valence-electron chi connectivity index (χ1n) is 9.17. The zero-order valence-corrected chi connectivity index (χ0v) is 15.8. The van der Waals surface area contributed by atoms with Gasteiger partial charge in [-0.05, 0) is 48.0 Å².